The summed E-state index contributed by atoms with van der Waals surface area (Å²) in [7, 11) is 0. The van der Waals surface area contributed by atoms with Crippen LogP contribution in [0.25, 0.3) is 0 Å². The molecule has 4 rings (SSSR count). The van der Waals surface area contributed by atoms with Crippen LogP contribution >= 0.6 is 0 Å². The van der Waals surface area contributed by atoms with E-state index in [1.54, 1.807) is 0 Å². The van der Waals surface area contributed by atoms with Gasteiger partial charge < -0.3 is 14.6 Å². The number of rotatable bonds is 17. The number of cyclic esters (lactones) is 1. The lowest BCUT2D eigenvalue weighted by atomic mass is 9.80. The summed E-state index contributed by atoms with van der Waals surface area (Å²) in [5.74, 6) is -1.47. The minimum atomic E-state index is -1.06. The number of carbonyl (C=O) groups excluding carboxylic acids is 2. The van der Waals surface area contributed by atoms with E-state index < -0.39 is 17.7 Å². The van der Waals surface area contributed by atoms with Crippen molar-refractivity contribution in [2.75, 3.05) is 6.61 Å². The molecule has 5 heteroatoms. The Balaban J connectivity index is 1.46. The van der Waals surface area contributed by atoms with Gasteiger partial charge in [0.15, 0.2) is 17.6 Å². The van der Waals surface area contributed by atoms with Crippen LogP contribution in [0.3, 0.4) is 0 Å². The first-order chi connectivity index (χ1) is 20.1. The van der Waals surface area contributed by atoms with E-state index in [9.17, 15) is 14.7 Å². The maximum Gasteiger partial charge on any atom is 0.346 e. The van der Waals surface area contributed by atoms with Gasteiger partial charge >= 0.3 is 5.97 Å². The zero-order valence-electron chi connectivity index (χ0n) is 24.1. The molecule has 1 atom stereocenters. The number of hydrogen-bond donors (Lipinski definition) is 1. The predicted molar refractivity (Wildman–Crippen MR) is 162 cm³/mol. The molecule has 0 aromatic heterocycles. The Morgan fingerprint density at radius 2 is 1.17 bits per heavy atom. The van der Waals surface area contributed by atoms with Gasteiger partial charge in [0.1, 0.15) is 11.2 Å². The van der Waals surface area contributed by atoms with E-state index in [1.165, 1.54) is 38.5 Å². The SMILES string of the molecule is CCCCCCCCCCCC(=O)C1=C(O)C(COC(c2ccccc2)(c2ccccc2)c2ccccc2)OC1=O. The highest BCUT2D eigenvalue weighted by molar-refractivity contribution is 6.19. The second kappa shape index (κ2) is 15.3. The van der Waals surface area contributed by atoms with Gasteiger partial charge in [-0.3, -0.25) is 4.79 Å². The van der Waals surface area contributed by atoms with Crippen LogP contribution in [0.1, 0.15) is 87.8 Å². The maximum atomic E-state index is 12.9. The molecule has 1 N–H and O–H groups in total. The van der Waals surface area contributed by atoms with Crippen molar-refractivity contribution in [1.29, 1.82) is 0 Å². The minimum absolute atomic E-state index is 0.120. The predicted octanol–water partition coefficient (Wildman–Crippen LogP) is 8.22. The van der Waals surface area contributed by atoms with Crippen LogP contribution in [-0.4, -0.2) is 29.6 Å². The van der Waals surface area contributed by atoms with Crippen molar-refractivity contribution in [3.8, 4) is 0 Å². The fraction of sp³-hybridized carbons (Fsp3) is 0.389. The summed E-state index contributed by atoms with van der Waals surface area (Å²) < 4.78 is 12.2. The largest absolute Gasteiger partial charge is 0.507 e. The molecule has 0 amide bonds. The lowest BCUT2D eigenvalue weighted by Gasteiger charge is -2.36. The van der Waals surface area contributed by atoms with E-state index in [0.29, 0.717) is 6.42 Å². The lowest BCUT2D eigenvalue weighted by Crippen LogP contribution is -2.36. The fourth-order valence-electron chi connectivity index (χ4n) is 5.57. The van der Waals surface area contributed by atoms with Crippen molar-refractivity contribution in [2.24, 2.45) is 0 Å². The van der Waals surface area contributed by atoms with Gasteiger partial charge in [-0.2, -0.15) is 0 Å². The lowest BCUT2D eigenvalue weighted by molar-refractivity contribution is -0.145. The summed E-state index contributed by atoms with van der Waals surface area (Å²) in [6.45, 7) is 2.10. The zero-order valence-corrected chi connectivity index (χ0v) is 24.1. The van der Waals surface area contributed by atoms with Gasteiger partial charge in [0.25, 0.3) is 0 Å². The van der Waals surface area contributed by atoms with Crippen LogP contribution in [0.15, 0.2) is 102 Å². The number of aliphatic hydroxyl groups is 1. The van der Waals surface area contributed by atoms with E-state index in [4.69, 9.17) is 9.47 Å². The summed E-state index contributed by atoms with van der Waals surface area (Å²) in [5, 5.41) is 11.0. The highest BCUT2D eigenvalue weighted by Gasteiger charge is 2.42. The molecule has 1 heterocycles. The molecule has 3 aromatic carbocycles. The minimum Gasteiger partial charge on any atom is -0.507 e. The highest BCUT2D eigenvalue weighted by atomic mass is 16.6. The fourth-order valence-corrected chi connectivity index (χ4v) is 5.57. The number of ketones is 1. The molecule has 0 saturated heterocycles. The Morgan fingerprint density at radius 1 is 0.732 bits per heavy atom. The third-order valence-corrected chi connectivity index (χ3v) is 7.79. The molecule has 0 saturated carbocycles. The Morgan fingerprint density at radius 3 is 1.63 bits per heavy atom. The molecule has 216 valence electrons. The van der Waals surface area contributed by atoms with Crippen molar-refractivity contribution in [3.05, 3.63) is 119 Å². The molecule has 5 nitrogen and oxygen atoms in total. The third-order valence-electron chi connectivity index (χ3n) is 7.79. The molecular formula is C36H42O5. The topological polar surface area (TPSA) is 72.8 Å². The summed E-state index contributed by atoms with van der Waals surface area (Å²) in [6.07, 6.45) is 9.35. The number of benzene rings is 3. The van der Waals surface area contributed by atoms with E-state index in [1.807, 2.05) is 91.0 Å². The Labute approximate surface area is 244 Å². The second-order valence-electron chi connectivity index (χ2n) is 10.7. The normalized spacial score (nSPS) is 15.2. The molecule has 0 bridgehead atoms. The summed E-state index contributed by atoms with van der Waals surface area (Å²) >= 11 is 0. The molecule has 0 fully saturated rings. The number of esters is 1. The summed E-state index contributed by atoms with van der Waals surface area (Å²) in [5.41, 5.74) is 1.42. The number of unbranched alkanes of at least 4 members (excludes halogenated alkanes) is 8. The smallest absolute Gasteiger partial charge is 0.346 e. The van der Waals surface area contributed by atoms with Crippen molar-refractivity contribution >= 4 is 11.8 Å². The standard InChI is InChI=1S/C36H42O5/c1-2-3-4-5-6-7-8-9-19-26-31(37)33-34(38)32(41-35(33)39)27-40-36(28-20-13-10-14-21-28,29-22-15-11-16-23-29)30-24-17-12-18-25-30/h10-18,20-25,32,38H,2-9,19,26-27H2,1H3. The zero-order chi connectivity index (χ0) is 28.9. The van der Waals surface area contributed by atoms with Crippen molar-refractivity contribution < 1.29 is 24.2 Å². The summed E-state index contributed by atoms with van der Waals surface area (Å²) in [4.78, 5) is 25.6. The van der Waals surface area contributed by atoms with Crippen LogP contribution in [0.2, 0.25) is 0 Å². The molecule has 3 aromatic rings. The van der Waals surface area contributed by atoms with E-state index in [0.717, 1.165) is 29.5 Å². The maximum absolute atomic E-state index is 12.9. The molecule has 0 radical (unpaired) electrons. The average Bonchev–Trinajstić information content (AvgIpc) is 3.30. The molecule has 41 heavy (non-hydrogen) atoms. The van der Waals surface area contributed by atoms with Gasteiger partial charge in [0, 0.05) is 6.42 Å². The van der Waals surface area contributed by atoms with Gasteiger partial charge in [0.2, 0.25) is 0 Å². The summed E-state index contributed by atoms with van der Waals surface area (Å²) in [6, 6.07) is 29.5. The van der Waals surface area contributed by atoms with Crippen molar-refractivity contribution in [3.63, 3.8) is 0 Å². The van der Waals surface area contributed by atoms with Crippen LogP contribution in [-0.2, 0) is 24.7 Å². The first-order valence-electron chi connectivity index (χ1n) is 15.1. The molecule has 0 spiro atoms. The number of aliphatic hydroxyl groups excluding tert-OH is 1. The Bertz CT molecular complexity index is 1170. The molecule has 1 unspecified atom stereocenters. The van der Waals surface area contributed by atoms with Crippen molar-refractivity contribution in [2.45, 2.75) is 82.8 Å². The molecule has 0 aliphatic carbocycles. The van der Waals surface area contributed by atoms with E-state index in [-0.39, 0.29) is 30.1 Å². The number of ether oxygens (including phenoxy) is 2. The van der Waals surface area contributed by atoms with Crippen LogP contribution < -0.4 is 0 Å². The first kappa shape index (κ1) is 30.3. The van der Waals surface area contributed by atoms with Gasteiger partial charge in [-0.15, -0.1) is 0 Å². The number of Topliss-reactive ketones (excluding diaryl/α,β-unsaturated/α-hetero) is 1. The Kier molecular flexibility index (Phi) is 11.3. The second-order valence-corrected chi connectivity index (χ2v) is 10.7. The average molecular weight is 555 g/mol. The highest BCUT2D eigenvalue weighted by Crippen LogP contribution is 2.41. The number of hydrogen-bond acceptors (Lipinski definition) is 5. The quantitative estimate of drug-likeness (QED) is 0.0788. The molecular weight excluding hydrogens is 512 g/mol. The van der Waals surface area contributed by atoms with E-state index >= 15 is 0 Å². The molecule has 1 aliphatic rings. The van der Waals surface area contributed by atoms with Crippen LogP contribution in [0, 0.1) is 0 Å². The number of carbonyl (C=O) groups is 2. The van der Waals surface area contributed by atoms with Crippen molar-refractivity contribution in [1.82, 2.24) is 0 Å². The monoisotopic (exact) mass is 554 g/mol. The van der Waals surface area contributed by atoms with Crippen LogP contribution in [0.4, 0.5) is 0 Å². The van der Waals surface area contributed by atoms with Gasteiger partial charge in [-0.1, -0.05) is 149 Å². The van der Waals surface area contributed by atoms with Gasteiger partial charge in [-0.05, 0) is 23.1 Å². The first-order valence-corrected chi connectivity index (χ1v) is 15.1. The Hall–Kier alpha value is -3.70. The van der Waals surface area contributed by atoms with Gasteiger partial charge in [-0.25, -0.2) is 4.79 Å². The molecule has 1 aliphatic heterocycles. The third kappa shape index (κ3) is 7.53. The van der Waals surface area contributed by atoms with Crippen LogP contribution in [0.5, 0.6) is 0 Å². The van der Waals surface area contributed by atoms with Gasteiger partial charge in [0.05, 0.1) is 6.61 Å². The van der Waals surface area contributed by atoms with E-state index in [2.05, 4.69) is 6.92 Å².